The number of aliphatic hydroxyl groups excluding tert-OH is 4. The molecule has 0 saturated carbocycles. The zero-order valence-corrected chi connectivity index (χ0v) is 18.8. The number of carbonyl (C=O) groups is 2. The van der Waals surface area contributed by atoms with Crippen LogP contribution >= 0.6 is 0 Å². The fourth-order valence-corrected chi connectivity index (χ4v) is 2.00. The van der Waals surface area contributed by atoms with Gasteiger partial charge in [-0.1, -0.05) is 42.5 Å². The molecule has 196 valence electrons. The van der Waals surface area contributed by atoms with Crippen LogP contribution in [0.1, 0.15) is 68.2 Å². The fourth-order valence-electron chi connectivity index (χ4n) is 2.00. The highest BCUT2D eigenvalue weighted by atomic mass is 16.6. The van der Waals surface area contributed by atoms with Gasteiger partial charge in [-0.2, -0.15) is 0 Å². The normalized spacial score (nSPS) is 11.0. The average molecular weight is 471 g/mol. The molecule has 0 saturated heterocycles. The van der Waals surface area contributed by atoms with E-state index in [1.807, 2.05) is 0 Å². The number of aliphatic hydroxyl groups is 4. The minimum absolute atomic E-state index is 0. The van der Waals surface area contributed by atoms with Gasteiger partial charge in [0, 0.05) is 13.1 Å². The Kier molecular flexibility index (Phi) is 30.2. The Morgan fingerprint density at radius 2 is 1.22 bits per heavy atom. The molecule has 0 heterocycles. The Hall–Kier alpha value is -1.62. The SMILES string of the molecule is C.C.CC(C)CCCNC(=O)OC(CO)CO.CC(C)CCCNC(=O)OCC(O)CO. The van der Waals surface area contributed by atoms with E-state index in [1.165, 1.54) is 0 Å². The molecule has 0 bridgehead atoms. The Balaban J connectivity index is -0.000000231. The van der Waals surface area contributed by atoms with Gasteiger partial charge in [0.15, 0.2) is 0 Å². The third-order valence-corrected chi connectivity index (χ3v) is 3.75. The first-order chi connectivity index (χ1) is 14.2. The van der Waals surface area contributed by atoms with E-state index in [4.69, 9.17) is 25.2 Å². The molecule has 1 unspecified atom stereocenters. The van der Waals surface area contributed by atoms with Crippen molar-refractivity contribution < 1.29 is 39.5 Å². The first kappa shape index (κ1) is 37.7. The maximum absolute atomic E-state index is 11.1. The summed E-state index contributed by atoms with van der Waals surface area (Å²) in [7, 11) is 0. The number of alkyl carbamates (subject to hydrolysis) is 2. The van der Waals surface area contributed by atoms with Crippen LogP contribution in [0.5, 0.6) is 0 Å². The van der Waals surface area contributed by atoms with Crippen LogP contribution in [0, 0.1) is 11.8 Å². The molecule has 0 fully saturated rings. The molecule has 6 N–H and O–H groups in total. The predicted molar refractivity (Wildman–Crippen MR) is 126 cm³/mol. The second-order valence-corrected chi connectivity index (χ2v) is 7.75. The van der Waals surface area contributed by atoms with Crippen molar-refractivity contribution in [1.82, 2.24) is 10.6 Å². The second kappa shape index (κ2) is 25.6. The first-order valence-electron chi connectivity index (χ1n) is 10.5. The van der Waals surface area contributed by atoms with Gasteiger partial charge in [-0.05, 0) is 37.5 Å². The number of rotatable bonds is 14. The summed E-state index contributed by atoms with van der Waals surface area (Å²) in [5.74, 6) is 1.24. The zero-order valence-electron chi connectivity index (χ0n) is 18.8. The van der Waals surface area contributed by atoms with Gasteiger partial charge in [0.1, 0.15) is 18.8 Å². The van der Waals surface area contributed by atoms with Gasteiger partial charge in [0.2, 0.25) is 0 Å². The summed E-state index contributed by atoms with van der Waals surface area (Å²) in [5, 5.41) is 39.8. The second-order valence-electron chi connectivity index (χ2n) is 7.75. The van der Waals surface area contributed by atoms with E-state index in [9.17, 15) is 9.59 Å². The van der Waals surface area contributed by atoms with E-state index in [1.54, 1.807) is 0 Å². The summed E-state index contributed by atoms with van der Waals surface area (Å²) in [6.07, 6.45) is 0.952. The van der Waals surface area contributed by atoms with E-state index in [2.05, 4.69) is 43.1 Å². The van der Waals surface area contributed by atoms with Crippen molar-refractivity contribution >= 4 is 12.2 Å². The van der Waals surface area contributed by atoms with E-state index in [0.29, 0.717) is 24.9 Å². The molecule has 0 aromatic rings. The lowest BCUT2D eigenvalue weighted by Crippen LogP contribution is -2.33. The summed E-state index contributed by atoms with van der Waals surface area (Å²) in [4.78, 5) is 22.0. The van der Waals surface area contributed by atoms with Gasteiger partial charge in [0.05, 0.1) is 19.8 Å². The maximum atomic E-state index is 11.1. The average Bonchev–Trinajstić information content (AvgIpc) is 2.70. The number of ether oxygens (including phenoxy) is 2. The Labute approximate surface area is 194 Å². The lowest BCUT2D eigenvalue weighted by atomic mass is 10.1. The summed E-state index contributed by atoms with van der Waals surface area (Å²) in [5.41, 5.74) is 0. The molecule has 10 nitrogen and oxygen atoms in total. The van der Waals surface area contributed by atoms with Crippen molar-refractivity contribution in [3.8, 4) is 0 Å². The van der Waals surface area contributed by atoms with Crippen LogP contribution in [-0.4, -0.2) is 84.3 Å². The standard InChI is InChI=1S/2C10H21NO4.2CH4/c1-8(2)4-3-5-11-10(14)15-7-9(13)6-12;1-8(2)4-3-5-11-10(14)15-9(6-12)7-13;;/h2*8-9,12-13H,3-7H2,1-2H3,(H,11,14);2*1H4. The van der Waals surface area contributed by atoms with Crippen molar-refractivity contribution in [3.05, 3.63) is 0 Å². The topological polar surface area (TPSA) is 158 Å². The lowest BCUT2D eigenvalue weighted by molar-refractivity contribution is 0.0223. The van der Waals surface area contributed by atoms with Gasteiger partial charge >= 0.3 is 12.2 Å². The molecule has 0 radical (unpaired) electrons. The number of nitrogens with one attached hydrogen (secondary N) is 2. The number of amides is 2. The molecule has 10 heteroatoms. The first-order valence-corrected chi connectivity index (χ1v) is 10.5. The van der Waals surface area contributed by atoms with Gasteiger partial charge in [-0.3, -0.25) is 0 Å². The van der Waals surface area contributed by atoms with Crippen LogP contribution < -0.4 is 10.6 Å². The highest BCUT2D eigenvalue weighted by Gasteiger charge is 2.11. The molecule has 0 aliphatic heterocycles. The number of carbonyl (C=O) groups excluding carboxylic acids is 2. The minimum Gasteiger partial charge on any atom is -0.447 e. The lowest BCUT2D eigenvalue weighted by Gasteiger charge is -2.13. The van der Waals surface area contributed by atoms with E-state index < -0.39 is 31.0 Å². The molecule has 1 atom stereocenters. The van der Waals surface area contributed by atoms with Crippen LogP contribution in [0.15, 0.2) is 0 Å². The Morgan fingerprint density at radius 1 is 0.781 bits per heavy atom. The third kappa shape index (κ3) is 28.4. The van der Waals surface area contributed by atoms with Crippen LogP contribution in [0.2, 0.25) is 0 Å². The van der Waals surface area contributed by atoms with Crippen LogP contribution in [-0.2, 0) is 9.47 Å². The fraction of sp³-hybridized carbons (Fsp3) is 0.909. The van der Waals surface area contributed by atoms with Crippen LogP contribution in [0.25, 0.3) is 0 Å². The predicted octanol–water partition coefficient (Wildman–Crippen LogP) is 2.28. The molecule has 0 spiro atoms. The monoisotopic (exact) mass is 470 g/mol. The molecule has 0 aliphatic rings. The van der Waals surface area contributed by atoms with Gasteiger partial charge in [-0.25, -0.2) is 9.59 Å². The molecular weight excluding hydrogens is 420 g/mol. The summed E-state index contributed by atoms with van der Waals surface area (Å²) in [6, 6.07) is 0. The van der Waals surface area contributed by atoms with Crippen LogP contribution in [0.3, 0.4) is 0 Å². The molecule has 0 aromatic carbocycles. The van der Waals surface area contributed by atoms with Crippen molar-refractivity contribution in [3.63, 3.8) is 0 Å². The number of hydrogen-bond acceptors (Lipinski definition) is 8. The Bertz CT molecular complexity index is 419. The molecule has 0 aromatic heterocycles. The van der Waals surface area contributed by atoms with Crippen LogP contribution in [0.4, 0.5) is 9.59 Å². The zero-order chi connectivity index (χ0) is 23.4. The van der Waals surface area contributed by atoms with Gasteiger partial charge < -0.3 is 40.5 Å². The van der Waals surface area contributed by atoms with Crippen molar-refractivity contribution in [2.45, 2.75) is 80.4 Å². The highest BCUT2D eigenvalue weighted by Crippen LogP contribution is 2.02. The molecular formula is C22H50N2O8. The van der Waals surface area contributed by atoms with Crippen molar-refractivity contribution in [1.29, 1.82) is 0 Å². The summed E-state index contributed by atoms with van der Waals surface area (Å²) < 4.78 is 9.35. The van der Waals surface area contributed by atoms with Crippen molar-refractivity contribution in [2.24, 2.45) is 11.8 Å². The summed E-state index contributed by atoms with van der Waals surface area (Å²) >= 11 is 0. The maximum Gasteiger partial charge on any atom is 0.407 e. The van der Waals surface area contributed by atoms with E-state index >= 15 is 0 Å². The minimum atomic E-state index is -0.994. The molecule has 0 aliphatic carbocycles. The third-order valence-electron chi connectivity index (χ3n) is 3.75. The Morgan fingerprint density at radius 3 is 1.59 bits per heavy atom. The molecule has 0 rings (SSSR count). The van der Waals surface area contributed by atoms with E-state index in [0.717, 1.165) is 25.7 Å². The summed E-state index contributed by atoms with van der Waals surface area (Å²) in [6.45, 7) is 8.30. The van der Waals surface area contributed by atoms with E-state index in [-0.39, 0.29) is 34.7 Å². The molecule has 32 heavy (non-hydrogen) atoms. The molecule has 2 amide bonds. The van der Waals surface area contributed by atoms with Crippen molar-refractivity contribution in [2.75, 3.05) is 39.5 Å². The smallest absolute Gasteiger partial charge is 0.407 e. The highest BCUT2D eigenvalue weighted by molar-refractivity contribution is 5.67. The number of hydrogen-bond donors (Lipinski definition) is 6. The van der Waals surface area contributed by atoms with Gasteiger partial charge in [0.25, 0.3) is 0 Å². The van der Waals surface area contributed by atoms with Gasteiger partial charge in [-0.15, -0.1) is 0 Å². The largest absolute Gasteiger partial charge is 0.447 e. The quantitative estimate of drug-likeness (QED) is 0.211.